The molecule has 1 fully saturated rings. The Bertz CT molecular complexity index is 1130. The average molecular weight is 520 g/mol. The molecule has 4 nitrogen and oxygen atoms in total. The van der Waals surface area contributed by atoms with Crippen molar-refractivity contribution >= 4 is 11.4 Å². The molecule has 0 saturated carbocycles. The molecular formula is C24H20F8N2O2. The Hall–Kier alpha value is -2.99. The van der Waals surface area contributed by atoms with Gasteiger partial charge < -0.3 is 10.1 Å². The van der Waals surface area contributed by atoms with Gasteiger partial charge in [-0.05, 0) is 47.4 Å². The zero-order valence-electron chi connectivity index (χ0n) is 18.5. The lowest BCUT2D eigenvalue weighted by Crippen LogP contribution is -2.53. The number of Topliss-reactive ketones (excluding diaryl/α,β-unsaturated/α-hetero) is 1. The van der Waals surface area contributed by atoms with Gasteiger partial charge in [0.2, 0.25) is 0 Å². The van der Waals surface area contributed by atoms with Crippen molar-refractivity contribution in [1.82, 2.24) is 10.2 Å². The van der Waals surface area contributed by atoms with Crippen LogP contribution in [-0.2, 0) is 17.5 Å². The van der Waals surface area contributed by atoms with E-state index in [1.165, 1.54) is 12.1 Å². The highest BCUT2D eigenvalue weighted by atomic mass is 19.4. The largest absolute Gasteiger partial charge is 0.482 e. The molecule has 194 valence electrons. The van der Waals surface area contributed by atoms with Crippen LogP contribution in [-0.4, -0.2) is 48.6 Å². The van der Waals surface area contributed by atoms with Crippen LogP contribution in [0.2, 0.25) is 0 Å². The summed E-state index contributed by atoms with van der Waals surface area (Å²) in [6.07, 6.45) is -8.85. The van der Waals surface area contributed by atoms with E-state index in [4.69, 9.17) is 4.74 Å². The monoisotopic (exact) mass is 520 g/mol. The molecule has 0 radical (unpaired) electrons. The van der Waals surface area contributed by atoms with Gasteiger partial charge in [0, 0.05) is 26.2 Å². The van der Waals surface area contributed by atoms with Gasteiger partial charge in [-0.1, -0.05) is 18.2 Å². The second kappa shape index (κ2) is 9.81. The van der Waals surface area contributed by atoms with Crippen LogP contribution >= 0.6 is 0 Å². The van der Waals surface area contributed by atoms with Gasteiger partial charge in [0.25, 0.3) is 5.78 Å². The fourth-order valence-corrected chi connectivity index (χ4v) is 4.10. The van der Waals surface area contributed by atoms with Crippen molar-refractivity contribution < 1.29 is 44.7 Å². The molecule has 2 aromatic carbocycles. The lowest BCUT2D eigenvalue weighted by Gasteiger charge is -2.39. The summed E-state index contributed by atoms with van der Waals surface area (Å²) in [4.78, 5) is 13.3. The number of likely N-dealkylation sites (tertiary alicyclic amines) is 1. The van der Waals surface area contributed by atoms with Crippen LogP contribution in [0.5, 0.6) is 5.75 Å². The Morgan fingerprint density at radius 2 is 1.61 bits per heavy atom. The Balaban J connectivity index is 1.37. The van der Waals surface area contributed by atoms with E-state index in [0.717, 1.165) is 30.3 Å². The molecule has 0 amide bonds. The number of alkyl halides is 6. The van der Waals surface area contributed by atoms with E-state index in [-0.39, 0.29) is 24.1 Å². The fourth-order valence-electron chi connectivity index (χ4n) is 4.10. The third kappa shape index (κ3) is 5.86. The van der Waals surface area contributed by atoms with Crippen molar-refractivity contribution in [2.24, 2.45) is 0 Å². The third-order valence-electron chi connectivity index (χ3n) is 5.95. The first kappa shape index (κ1) is 26.1. The van der Waals surface area contributed by atoms with Crippen molar-refractivity contribution in [2.75, 3.05) is 19.6 Å². The predicted molar refractivity (Wildman–Crippen MR) is 113 cm³/mol. The minimum atomic E-state index is -5.05. The Kier molecular flexibility index (Phi) is 7.11. The molecule has 12 heteroatoms. The van der Waals surface area contributed by atoms with Crippen molar-refractivity contribution in [2.45, 2.75) is 37.5 Å². The summed E-state index contributed by atoms with van der Waals surface area (Å²) in [6.45, 7) is 0.942. The van der Waals surface area contributed by atoms with Crippen LogP contribution in [0, 0.1) is 11.6 Å². The van der Waals surface area contributed by atoms with E-state index in [2.05, 4.69) is 5.32 Å². The molecule has 0 bridgehead atoms. The van der Waals surface area contributed by atoms with Crippen LogP contribution in [0.25, 0.3) is 5.57 Å². The number of ether oxygens (including phenoxy) is 1. The third-order valence-corrected chi connectivity index (χ3v) is 5.95. The fraction of sp³-hybridized carbons (Fsp3) is 0.375. The molecule has 4 rings (SSSR count). The van der Waals surface area contributed by atoms with Gasteiger partial charge in [-0.25, -0.2) is 8.78 Å². The van der Waals surface area contributed by atoms with Gasteiger partial charge in [-0.15, -0.1) is 0 Å². The summed E-state index contributed by atoms with van der Waals surface area (Å²) in [7, 11) is 0. The summed E-state index contributed by atoms with van der Waals surface area (Å²) in [6, 6.07) is 4.94. The van der Waals surface area contributed by atoms with Gasteiger partial charge in [0.05, 0.1) is 11.6 Å². The number of carbonyl (C=O) groups is 1. The number of hydrogen-bond acceptors (Lipinski definition) is 4. The molecule has 1 unspecified atom stereocenters. The van der Waals surface area contributed by atoms with Crippen molar-refractivity contribution in [3.05, 3.63) is 70.8 Å². The SMILES string of the molecule is O=C(C1C=C(c2cc(F)c(OC3CN(Cc4ccc(C(F)(F)F)cc4)C3)c(F)c2)CCN1)C(F)(F)F. The number of hydrogen-bond donors (Lipinski definition) is 1. The van der Waals surface area contributed by atoms with E-state index in [0.29, 0.717) is 25.2 Å². The normalized spacial score (nSPS) is 19.6. The number of rotatable bonds is 6. The number of ketones is 1. The maximum Gasteiger partial charge on any atom is 0.452 e. The lowest BCUT2D eigenvalue weighted by atomic mass is 9.95. The Morgan fingerprint density at radius 1 is 1.00 bits per heavy atom. The van der Waals surface area contributed by atoms with Gasteiger partial charge in [-0.3, -0.25) is 9.69 Å². The molecule has 1 atom stereocenters. The Labute approximate surface area is 200 Å². The predicted octanol–water partition coefficient (Wildman–Crippen LogP) is 5.12. The number of nitrogens with zero attached hydrogens (tertiary/aromatic N) is 1. The summed E-state index contributed by atoms with van der Waals surface area (Å²) < 4.78 is 111. The van der Waals surface area contributed by atoms with Crippen LogP contribution in [0.3, 0.4) is 0 Å². The highest BCUT2D eigenvalue weighted by molar-refractivity contribution is 5.92. The summed E-state index contributed by atoms with van der Waals surface area (Å²) in [5.41, 5.74) is 0.0948. The van der Waals surface area contributed by atoms with E-state index in [9.17, 15) is 39.9 Å². The van der Waals surface area contributed by atoms with E-state index < -0.39 is 53.2 Å². The van der Waals surface area contributed by atoms with Gasteiger partial charge in [0.15, 0.2) is 17.4 Å². The standard InChI is InChI=1S/C24H20F8N2O2/c25-18-7-15(14-5-6-33-20(9-14)22(35)24(30,31)32)8-19(26)21(18)36-17-11-34(12-17)10-13-1-3-16(4-2-13)23(27,28)29/h1-4,7-9,17,20,33H,5-6,10-12H2. The summed E-state index contributed by atoms with van der Waals surface area (Å²) in [5.74, 6) is -4.70. The van der Waals surface area contributed by atoms with Crippen molar-refractivity contribution in [3.63, 3.8) is 0 Å². The molecule has 2 aliphatic heterocycles. The second-order valence-corrected chi connectivity index (χ2v) is 8.63. The first-order valence-electron chi connectivity index (χ1n) is 10.9. The average Bonchev–Trinajstić information content (AvgIpc) is 2.78. The minimum Gasteiger partial charge on any atom is -0.482 e. The molecule has 0 aromatic heterocycles. The number of benzene rings is 2. The van der Waals surface area contributed by atoms with Crippen LogP contribution in [0.1, 0.15) is 23.1 Å². The zero-order chi connectivity index (χ0) is 26.3. The smallest absolute Gasteiger partial charge is 0.452 e. The second-order valence-electron chi connectivity index (χ2n) is 8.63. The molecule has 2 heterocycles. The highest BCUT2D eigenvalue weighted by Gasteiger charge is 2.43. The highest BCUT2D eigenvalue weighted by Crippen LogP contribution is 2.33. The molecule has 36 heavy (non-hydrogen) atoms. The molecule has 2 aromatic rings. The molecule has 0 spiro atoms. The summed E-state index contributed by atoms with van der Waals surface area (Å²) >= 11 is 0. The Morgan fingerprint density at radius 3 is 2.17 bits per heavy atom. The first-order chi connectivity index (χ1) is 16.8. The number of nitrogens with one attached hydrogen (secondary N) is 1. The van der Waals surface area contributed by atoms with Gasteiger partial charge >= 0.3 is 12.4 Å². The van der Waals surface area contributed by atoms with E-state index in [1.54, 1.807) is 0 Å². The van der Waals surface area contributed by atoms with E-state index >= 15 is 0 Å². The maximum absolute atomic E-state index is 14.6. The van der Waals surface area contributed by atoms with E-state index in [1.807, 2.05) is 4.90 Å². The van der Waals surface area contributed by atoms with Crippen molar-refractivity contribution in [1.29, 1.82) is 0 Å². The van der Waals surface area contributed by atoms with Crippen LogP contribution in [0.15, 0.2) is 42.5 Å². The molecule has 2 aliphatic rings. The maximum atomic E-state index is 14.6. The lowest BCUT2D eigenvalue weighted by molar-refractivity contribution is -0.172. The van der Waals surface area contributed by atoms with Crippen LogP contribution in [0.4, 0.5) is 35.1 Å². The molecule has 1 saturated heterocycles. The zero-order valence-corrected chi connectivity index (χ0v) is 18.5. The van der Waals surface area contributed by atoms with Crippen molar-refractivity contribution in [3.8, 4) is 5.75 Å². The van der Waals surface area contributed by atoms with Crippen LogP contribution < -0.4 is 10.1 Å². The number of halogens is 8. The number of carbonyl (C=O) groups excluding carboxylic acids is 1. The van der Waals surface area contributed by atoms with Gasteiger partial charge in [-0.2, -0.15) is 26.3 Å². The minimum absolute atomic E-state index is 0.0105. The first-order valence-corrected chi connectivity index (χ1v) is 10.9. The molecular weight excluding hydrogens is 500 g/mol. The molecule has 0 aliphatic carbocycles. The van der Waals surface area contributed by atoms with Gasteiger partial charge in [0.1, 0.15) is 6.10 Å². The summed E-state index contributed by atoms with van der Waals surface area (Å²) in [5, 5.41) is 2.43. The topological polar surface area (TPSA) is 41.6 Å². The quantitative estimate of drug-likeness (QED) is 0.537. The molecule has 1 N–H and O–H groups in total.